The molecule has 0 unspecified atom stereocenters. The third-order valence-corrected chi connectivity index (χ3v) is 4.05. The first-order chi connectivity index (χ1) is 13.6. The van der Waals surface area contributed by atoms with Crippen molar-refractivity contribution in [2.45, 2.75) is 13.8 Å². The largest absolute Gasteiger partial charge is 0.490 e. The van der Waals surface area contributed by atoms with Gasteiger partial charge in [0, 0.05) is 28.4 Å². The Balaban J connectivity index is 1.59. The first-order valence-corrected chi connectivity index (χ1v) is 9.15. The summed E-state index contributed by atoms with van der Waals surface area (Å²) in [5.74, 6) is 0.416. The van der Waals surface area contributed by atoms with Gasteiger partial charge in [-0.15, -0.1) is 0 Å². The van der Waals surface area contributed by atoms with Gasteiger partial charge in [-0.1, -0.05) is 0 Å². The van der Waals surface area contributed by atoms with Crippen molar-refractivity contribution in [3.05, 3.63) is 54.2 Å². The van der Waals surface area contributed by atoms with Crippen molar-refractivity contribution >= 4 is 28.4 Å². The number of amides is 2. The van der Waals surface area contributed by atoms with Crippen LogP contribution in [0.3, 0.4) is 0 Å². The topological polar surface area (TPSA) is 92.5 Å². The smallest absolute Gasteiger partial charge is 0.251 e. The molecule has 28 heavy (non-hydrogen) atoms. The van der Waals surface area contributed by atoms with Gasteiger partial charge in [0.1, 0.15) is 0 Å². The second kappa shape index (κ2) is 8.94. The predicted molar refractivity (Wildman–Crippen MR) is 108 cm³/mol. The lowest BCUT2D eigenvalue weighted by atomic mass is 10.2. The van der Waals surface area contributed by atoms with Crippen LogP contribution in [-0.2, 0) is 4.79 Å². The number of anilines is 1. The molecule has 0 saturated carbocycles. The van der Waals surface area contributed by atoms with Crippen molar-refractivity contribution < 1.29 is 19.1 Å². The number of H-pyrrole nitrogens is 1. The van der Waals surface area contributed by atoms with Gasteiger partial charge in [0.15, 0.2) is 11.5 Å². The number of rotatable bonds is 8. The summed E-state index contributed by atoms with van der Waals surface area (Å²) in [6, 6.07) is 12.4. The Bertz CT molecular complexity index is 981. The summed E-state index contributed by atoms with van der Waals surface area (Å²) in [7, 11) is 0. The summed E-state index contributed by atoms with van der Waals surface area (Å²) in [6.07, 6.45) is 1.84. The Morgan fingerprint density at radius 3 is 2.54 bits per heavy atom. The summed E-state index contributed by atoms with van der Waals surface area (Å²) < 4.78 is 11.0. The molecule has 0 aliphatic carbocycles. The molecule has 0 aliphatic heterocycles. The van der Waals surface area contributed by atoms with Crippen LogP contribution in [0.2, 0.25) is 0 Å². The fraction of sp³-hybridized carbons (Fsp3) is 0.238. The SMILES string of the molecule is CCOc1ccc(C(=O)NCC(=O)Nc2ccc3[nH]ccc3c2)cc1OCC. The molecule has 7 nitrogen and oxygen atoms in total. The van der Waals surface area contributed by atoms with E-state index in [9.17, 15) is 9.59 Å². The maximum atomic E-state index is 12.4. The molecule has 0 bridgehead atoms. The minimum absolute atomic E-state index is 0.138. The maximum Gasteiger partial charge on any atom is 0.251 e. The van der Waals surface area contributed by atoms with Crippen LogP contribution in [0.1, 0.15) is 24.2 Å². The molecule has 7 heteroatoms. The second-order valence-corrected chi connectivity index (χ2v) is 6.04. The normalized spacial score (nSPS) is 10.5. The van der Waals surface area contributed by atoms with Crippen LogP contribution < -0.4 is 20.1 Å². The Kier molecular flexibility index (Phi) is 6.16. The molecule has 1 heterocycles. The van der Waals surface area contributed by atoms with Gasteiger partial charge in [0.05, 0.1) is 19.8 Å². The third kappa shape index (κ3) is 4.62. The van der Waals surface area contributed by atoms with E-state index in [1.54, 1.807) is 24.3 Å². The number of aromatic amines is 1. The highest BCUT2D eigenvalue weighted by Crippen LogP contribution is 2.28. The molecule has 2 amide bonds. The zero-order valence-corrected chi connectivity index (χ0v) is 15.9. The molecule has 3 N–H and O–H groups in total. The number of aromatic nitrogens is 1. The number of carbonyl (C=O) groups excluding carboxylic acids is 2. The van der Waals surface area contributed by atoms with Gasteiger partial charge in [0.25, 0.3) is 5.91 Å². The van der Waals surface area contributed by atoms with Crippen molar-refractivity contribution in [3.63, 3.8) is 0 Å². The Hall–Kier alpha value is -3.48. The van der Waals surface area contributed by atoms with Crippen molar-refractivity contribution in [3.8, 4) is 11.5 Å². The highest BCUT2D eigenvalue weighted by molar-refractivity contribution is 6.00. The van der Waals surface area contributed by atoms with Gasteiger partial charge in [-0.2, -0.15) is 0 Å². The number of carbonyl (C=O) groups is 2. The highest BCUT2D eigenvalue weighted by Gasteiger charge is 2.13. The van der Waals surface area contributed by atoms with Crippen molar-refractivity contribution in [1.82, 2.24) is 10.3 Å². The van der Waals surface area contributed by atoms with E-state index in [2.05, 4.69) is 15.6 Å². The zero-order valence-electron chi connectivity index (χ0n) is 15.9. The van der Waals surface area contributed by atoms with Gasteiger partial charge in [-0.25, -0.2) is 0 Å². The van der Waals surface area contributed by atoms with Gasteiger partial charge < -0.3 is 25.1 Å². The molecule has 1 aromatic heterocycles. The fourth-order valence-electron chi connectivity index (χ4n) is 2.79. The van der Waals surface area contributed by atoms with Crippen molar-refractivity contribution in [2.24, 2.45) is 0 Å². The lowest BCUT2D eigenvalue weighted by Gasteiger charge is -2.12. The Morgan fingerprint density at radius 2 is 1.75 bits per heavy atom. The van der Waals surface area contributed by atoms with Crippen LogP contribution in [0.15, 0.2) is 48.7 Å². The van der Waals surface area contributed by atoms with E-state index in [0.29, 0.717) is 36.0 Å². The number of benzene rings is 2. The zero-order chi connectivity index (χ0) is 19.9. The van der Waals surface area contributed by atoms with Gasteiger partial charge in [0.2, 0.25) is 5.91 Å². The number of fused-ring (bicyclic) bond motifs is 1. The Morgan fingerprint density at radius 1 is 0.964 bits per heavy atom. The number of hydrogen-bond acceptors (Lipinski definition) is 4. The lowest BCUT2D eigenvalue weighted by Crippen LogP contribution is -2.32. The van der Waals surface area contributed by atoms with E-state index in [0.717, 1.165) is 10.9 Å². The van der Waals surface area contributed by atoms with E-state index < -0.39 is 0 Å². The van der Waals surface area contributed by atoms with Crippen LogP contribution in [0.5, 0.6) is 11.5 Å². The maximum absolute atomic E-state index is 12.4. The molecular formula is C21H23N3O4. The first kappa shape index (κ1) is 19.3. The van der Waals surface area contributed by atoms with Crippen LogP contribution in [0, 0.1) is 0 Å². The van der Waals surface area contributed by atoms with E-state index >= 15 is 0 Å². The molecule has 0 atom stereocenters. The van der Waals surface area contributed by atoms with Gasteiger partial charge in [-0.3, -0.25) is 9.59 Å². The average Bonchev–Trinajstić information content (AvgIpc) is 3.15. The molecule has 2 aromatic carbocycles. The monoisotopic (exact) mass is 381 g/mol. The molecule has 0 spiro atoms. The van der Waals surface area contributed by atoms with Crippen molar-refractivity contribution in [1.29, 1.82) is 0 Å². The molecular weight excluding hydrogens is 358 g/mol. The quantitative estimate of drug-likeness (QED) is 0.558. The van der Waals surface area contributed by atoms with E-state index in [4.69, 9.17) is 9.47 Å². The number of nitrogens with one attached hydrogen (secondary N) is 3. The van der Waals surface area contributed by atoms with Crippen LogP contribution >= 0.6 is 0 Å². The summed E-state index contributed by atoms with van der Waals surface area (Å²) in [4.78, 5) is 27.6. The fourth-order valence-corrected chi connectivity index (χ4v) is 2.79. The minimum atomic E-state index is -0.361. The molecule has 3 aromatic rings. The van der Waals surface area contributed by atoms with E-state index in [1.807, 2.05) is 38.2 Å². The highest BCUT2D eigenvalue weighted by atomic mass is 16.5. The van der Waals surface area contributed by atoms with E-state index in [-0.39, 0.29) is 18.4 Å². The molecule has 3 rings (SSSR count). The second-order valence-electron chi connectivity index (χ2n) is 6.04. The summed E-state index contributed by atoms with van der Waals surface area (Å²) in [5.41, 5.74) is 2.06. The lowest BCUT2D eigenvalue weighted by molar-refractivity contribution is -0.115. The number of ether oxygens (including phenoxy) is 2. The van der Waals surface area contributed by atoms with E-state index in [1.165, 1.54) is 0 Å². The summed E-state index contributed by atoms with van der Waals surface area (Å²) in [5, 5.41) is 6.39. The molecule has 0 fully saturated rings. The summed E-state index contributed by atoms with van der Waals surface area (Å²) in [6.45, 7) is 4.56. The van der Waals surface area contributed by atoms with Gasteiger partial charge >= 0.3 is 0 Å². The minimum Gasteiger partial charge on any atom is -0.490 e. The molecule has 146 valence electrons. The molecule has 0 saturated heterocycles. The molecule has 0 aliphatic rings. The third-order valence-electron chi connectivity index (χ3n) is 4.05. The Labute approximate surface area is 163 Å². The summed E-state index contributed by atoms with van der Waals surface area (Å²) >= 11 is 0. The standard InChI is InChI=1S/C21H23N3O4/c1-3-27-18-8-5-15(12-19(18)28-4-2)21(26)23-13-20(25)24-16-6-7-17-14(11-16)9-10-22-17/h5-12,22H,3-4,13H2,1-2H3,(H,23,26)(H,24,25). The molecule has 0 radical (unpaired) electrons. The number of hydrogen-bond donors (Lipinski definition) is 3. The van der Waals surface area contributed by atoms with Crippen LogP contribution in [0.4, 0.5) is 5.69 Å². The van der Waals surface area contributed by atoms with Crippen LogP contribution in [-0.4, -0.2) is 36.6 Å². The average molecular weight is 381 g/mol. The van der Waals surface area contributed by atoms with Crippen LogP contribution in [0.25, 0.3) is 10.9 Å². The van der Waals surface area contributed by atoms with Gasteiger partial charge in [-0.05, 0) is 56.3 Å². The van der Waals surface area contributed by atoms with Crippen molar-refractivity contribution in [2.75, 3.05) is 25.1 Å². The predicted octanol–water partition coefficient (Wildman–Crippen LogP) is 3.33. The first-order valence-electron chi connectivity index (χ1n) is 9.15.